The van der Waals surface area contributed by atoms with Crippen LogP contribution in [-0.4, -0.2) is 54.5 Å². The average molecular weight is 601 g/mol. The summed E-state index contributed by atoms with van der Waals surface area (Å²) in [6.07, 6.45) is 3.58. The van der Waals surface area contributed by atoms with Gasteiger partial charge in [-0.3, -0.25) is 9.97 Å². The maximum Gasteiger partial charge on any atom is 3.00 e. The van der Waals surface area contributed by atoms with Crippen LogP contribution in [0.1, 0.15) is 0 Å². The molecule has 0 atom stereocenters. The van der Waals surface area contributed by atoms with Crippen molar-refractivity contribution in [1.29, 1.82) is 0 Å². The SMILES string of the molecule is C1CSCCSCCS1.[Cl-].[Rh+3].c1ccc2nc3c4cccnc4c4ncccc4c3nc2c1. The Bertz CT molecular complexity index is 1230. The maximum absolute atomic E-state index is 4.83. The third kappa shape index (κ3) is 6.09. The summed E-state index contributed by atoms with van der Waals surface area (Å²) in [5.41, 5.74) is 5.28. The van der Waals surface area contributed by atoms with Crippen LogP contribution < -0.4 is 12.4 Å². The van der Waals surface area contributed by atoms with Gasteiger partial charge in [-0.2, -0.15) is 35.3 Å². The topological polar surface area (TPSA) is 51.6 Å². The van der Waals surface area contributed by atoms with Crippen LogP contribution in [-0.2, 0) is 19.5 Å². The van der Waals surface area contributed by atoms with E-state index < -0.39 is 0 Å². The first-order chi connectivity index (χ1) is 15.4. The zero-order chi connectivity index (χ0) is 20.9. The molecule has 0 radical (unpaired) electrons. The zero-order valence-electron chi connectivity index (χ0n) is 17.7. The fourth-order valence-corrected chi connectivity index (χ4v) is 7.05. The van der Waals surface area contributed by atoms with Gasteiger partial charge in [0, 0.05) is 57.7 Å². The van der Waals surface area contributed by atoms with Crippen LogP contribution in [0.3, 0.4) is 0 Å². The second kappa shape index (κ2) is 13.1. The van der Waals surface area contributed by atoms with Gasteiger partial charge in [-0.1, -0.05) is 12.1 Å². The van der Waals surface area contributed by atoms with Crippen molar-refractivity contribution < 1.29 is 31.9 Å². The van der Waals surface area contributed by atoms with E-state index in [0.29, 0.717) is 0 Å². The molecule has 0 N–H and O–H groups in total. The minimum absolute atomic E-state index is 0. The van der Waals surface area contributed by atoms with Crippen LogP contribution in [0.4, 0.5) is 0 Å². The summed E-state index contributed by atoms with van der Waals surface area (Å²) < 4.78 is 0. The standard InChI is InChI=1S/C18H10N4.C6H12S3.ClH.Rh/c1-2-8-14-13(7-1)21-17-11-5-3-9-19-15(11)16-12(18(17)22-14)6-4-10-20-16;1-2-8-5-6-9-4-3-7-1;;/h1-10H;1-6H2;1H;/q;;;+3/p-1. The molecule has 4 heterocycles. The molecule has 0 saturated carbocycles. The molecule has 1 aliphatic rings. The van der Waals surface area contributed by atoms with Crippen LogP contribution in [0.15, 0.2) is 60.9 Å². The third-order valence-corrected chi connectivity index (χ3v) is 8.77. The normalized spacial score (nSPS) is 14.3. The molecule has 4 nitrogen and oxygen atoms in total. The van der Waals surface area contributed by atoms with Crippen molar-refractivity contribution in [3.63, 3.8) is 0 Å². The molecule has 0 aliphatic carbocycles. The number of para-hydroxylation sites is 2. The predicted octanol–water partition coefficient (Wildman–Crippen LogP) is 3.08. The molecule has 0 amide bonds. The second-order valence-electron chi connectivity index (χ2n) is 7.05. The fourth-order valence-electron chi connectivity index (χ4n) is 3.61. The summed E-state index contributed by atoms with van der Waals surface area (Å²) in [7, 11) is 0. The number of nitrogens with zero attached hydrogens (tertiary/aromatic N) is 4. The van der Waals surface area contributed by atoms with Gasteiger partial charge in [0.1, 0.15) is 0 Å². The quantitative estimate of drug-likeness (QED) is 0.154. The first-order valence-corrected chi connectivity index (χ1v) is 13.8. The Morgan fingerprint density at radius 2 is 0.909 bits per heavy atom. The van der Waals surface area contributed by atoms with Gasteiger partial charge in [0.05, 0.1) is 33.1 Å². The van der Waals surface area contributed by atoms with Crippen molar-refractivity contribution in [3.8, 4) is 0 Å². The fraction of sp³-hybridized carbons (Fsp3) is 0.250. The average Bonchev–Trinajstić information content (AvgIpc) is 3.00. The number of halogens is 1. The van der Waals surface area contributed by atoms with Gasteiger partial charge in [-0.05, 0) is 36.4 Å². The molecule has 0 spiro atoms. The largest absolute Gasteiger partial charge is 3.00 e. The monoisotopic (exact) mass is 600 g/mol. The number of rotatable bonds is 0. The molecule has 2 aromatic carbocycles. The molecule has 170 valence electrons. The van der Waals surface area contributed by atoms with E-state index in [2.05, 4.69) is 45.3 Å². The zero-order valence-corrected chi connectivity index (χ0v) is 22.6. The molecular weight excluding hydrogens is 579 g/mol. The van der Waals surface area contributed by atoms with Gasteiger partial charge >= 0.3 is 19.5 Å². The van der Waals surface area contributed by atoms with Crippen LogP contribution >= 0.6 is 35.3 Å². The number of thioether (sulfide) groups is 3. The molecule has 1 aliphatic heterocycles. The van der Waals surface area contributed by atoms with E-state index in [-0.39, 0.29) is 31.9 Å². The van der Waals surface area contributed by atoms with E-state index in [1.165, 1.54) is 34.5 Å². The summed E-state index contributed by atoms with van der Waals surface area (Å²) in [4.78, 5) is 18.7. The van der Waals surface area contributed by atoms with Crippen molar-refractivity contribution in [1.82, 2.24) is 19.9 Å². The predicted molar refractivity (Wildman–Crippen MR) is 140 cm³/mol. The van der Waals surface area contributed by atoms with E-state index >= 15 is 0 Å². The Morgan fingerprint density at radius 1 is 0.515 bits per heavy atom. The third-order valence-electron chi connectivity index (χ3n) is 5.04. The second-order valence-corrected chi connectivity index (χ2v) is 10.7. The number of aromatic nitrogens is 4. The van der Waals surface area contributed by atoms with Crippen LogP contribution in [0.2, 0.25) is 0 Å². The van der Waals surface area contributed by atoms with Gasteiger partial charge in [0.25, 0.3) is 0 Å². The Balaban J connectivity index is 0.000000240. The number of pyridine rings is 2. The molecule has 6 rings (SSSR count). The van der Waals surface area contributed by atoms with Crippen molar-refractivity contribution in [3.05, 3.63) is 60.9 Å². The molecule has 1 fully saturated rings. The molecule has 3 aromatic heterocycles. The Hall–Kier alpha value is -1.18. The Kier molecular flexibility index (Phi) is 10.5. The van der Waals surface area contributed by atoms with Crippen LogP contribution in [0, 0.1) is 0 Å². The van der Waals surface area contributed by atoms with E-state index in [1.807, 2.05) is 48.5 Å². The van der Waals surface area contributed by atoms with Gasteiger partial charge < -0.3 is 12.4 Å². The van der Waals surface area contributed by atoms with Crippen LogP contribution in [0.5, 0.6) is 0 Å². The number of hydrogen-bond acceptors (Lipinski definition) is 7. The Morgan fingerprint density at radius 3 is 1.30 bits per heavy atom. The first kappa shape index (κ1) is 26.4. The molecule has 5 aromatic rings. The molecule has 0 unspecified atom stereocenters. The number of benzene rings is 2. The summed E-state index contributed by atoms with van der Waals surface area (Å²) in [5.74, 6) is 8.20. The summed E-state index contributed by atoms with van der Waals surface area (Å²) >= 11 is 6.30. The molecule has 33 heavy (non-hydrogen) atoms. The summed E-state index contributed by atoms with van der Waals surface area (Å²) in [5, 5.41) is 1.98. The first-order valence-electron chi connectivity index (χ1n) is 10.3. The van der Waals surface area contributed by atoms with Crippen molar-refractivity contribution >= 4 is 79.2 Å². The van der Waals surface area contributed by atoms with E-state index in [1.54, 1.807) is 12.4 Å². The van der Waals surface area contributed by atoms with Gasteiger partial charge in [-0.15, -0.1) is 0 Å². The van der Waals surface area contributed by atoms with E-state index in [0.717, 1.165) is 43.9 Å². The molecule has 9 heteroatoms. The summed E-state index contributed by atoms with van der Waals surface area (Å²) in [6, 6.07) is 15.8. The van der Waals surface area contributed by atoms with E-state index in [4.69, 9.17) is 9.97 Å². The Labute approximate surface area is 225 Å². The minimum Gasteiger partial charge on any atom is -1.00 e. The van der Waals surface area contributed by atoms with E-state index in [9.17, 15) is 0 Å². The minimum atomic E-state index is 0. The van der Waals surface area contributed by atoms with Crippen molar-refractivity contribution in [2.24, 2.45) is 0 Å². The van der Waals surface area contributed by atoms with Crippen LogP contribution in [0.25, 0.3) is 43.9 Å². The number of fused-ring (bicyclic) bond motifs is 7. The van der Waals surface area contributed by atoms with Gasteiger partial charge in [0.2, 0.25) is 0 Å². The van der Waals surface area contributed by atoms with Gasteiger partial charge in [-0.25, -0.2) is 9.97 Å². The van der Waals surface area contributed by atoms with Crippen molar-refractivity contribution in [2.75, 3.05) is 34.5 Å². The summed E-state index contributed by atoms with van der Waals surface area (Å²) in [6.45, 7) is 0. The van der Waals surface area contributed by atoms with Gasteiger partial charge in [0.15, 0.2) is 0 Å². The van der Waals surface area contributed by atoms with Crippen molar-refractivity contribution in [2.45, 2.75) is 0 Å². The molecular formula is C24H22ClN4RhS3+2. The molecule has 0 bridgehead atoms. The maximum atomic E-state index is 4.83. The smallest absolute Gasteiger partial charge is 1.00 e. The molecule has 1 saturated heterocycles. The number of hydrogen-bond donors (Lipinski definition) is 0.